The Morgan fingerprint density at radius 3 is 3.09 bits per heavy atom. The van der Waals surface area contributed by atoms with Crippen molar-refractivity contribution in [1.29, 1.82) is 0 Å². The molecule has 0 N–H and O–H groups in total. The normalized spacial score (nSPS) is 42.3. The van der Waals surface area contributed by atoms with Crippen LogP contribution in [0.1, 0.15) is 19.8 Å². The molecule has 0 radical (unpaired) electrons. The molecule has 0 amide bonds. The molecule has 4 nitrogen and oxygen atoms in total. The van der Waals surface area contributed by atoms with Crippen molar-refractivity contribution < 1.29 is 9.53 Å². The minimum atomic E-state index is -0.110. The molecule has 2 heterocycles. The van der Waals surface area contributed by atoms with Crippen molar-refractivity contribution >= 4 is 11.7 Å². The largest absolute Gasteiger partial charge is 0.464 e. The number of hydrogen-bond acceptors (Lipinski definition) is 4. The predicted octanol–water partition coefficient (Wildman–Crippen LogP) is 2.66. The maximum Gasteiger partial charge on any atom is 0.329 e. The summed E-state index contributed by atoms with van der Waals surface area (Å²) in [6, 6.07) is 4.41. The highest BCUT2D eigenvalue weighted by Crippen LogP contribution is 2.66. The second-order valence-corrected chi connectivity index (χ2v) is 7.35. The van der Waals surface area contributed by atoms with Crippen LogP contribution in [0.2, 0.25) is 0 Å². The third-order valence-electron chi connectivity index (χ3n) is 6.63. The van der Waals surface area contributed by atoms with E-state index in [0.717, 1.165) is 17.5 Å². The van der Waals surface area contributed by atoms with Crippen LogP contribution in [-0.2, 0) is 9.53 Å². The molecule has 23 heavy (non-hydrogen) atoms. The lowest BCUT2D eigenvalue weighted by Crippen LogP contribution is -2.71. The third kappa shape index (κ3) is 1.67. The first-order valence-corrected chi connectivity index (χ1v) is 8.83. The average Bonchev–Trinajstić information content (AvgIpc) is 3.19. The van der Waals surface area contributed by atoms with Gasteiger partial charge in [-0.05, 0) is 55.6 Å². The molecule has 1 saturated heterocycles. The molecule has 0 aromatic carbocycles. The Morgan fingerprint density at radius 1 is 1.39 bits per heavy atom. The average molecular weight is 310 g/mol. The van der Waals surface area contributed by atoms with Gasteiger partial charge in [-0.15, -0.1) is 0 Å². The van der Waals surface area contributed by atoms with Gasteiger partial charge in [-0.3, -0.25) is 4.98 Å². The van der Waals surface area contributed by atoms with Gasteiger partial charge in [-0.25, -0.2) is 4.79 Å². The van der Waals surface area contributed by atoms with Crippen molar-refractivity contribution in [2.24, 2.45) is 29.6 Å². The van der Waals surface area contributed by atoms with Gasteiger partial charge < -0.3 is 9.64 Å². The van der Waals surface area contributed by atoms with Gasteiger partial charge in [0.25, 0.3) is 0 Å². The highest BCUT2D eigenvalue weighted by molar-refractivity contribution is 5.84. The van der Waals surface area contributed by atoms with Crippen LogP contribution in [0, 0.1) is 29.6 Å². The first kappa shape index (κ1) is 13.6. The van der Waals surface area contributed by atoms with Crippen molar-refractivity contribution in [3.63, 3.8) is 0 Å². The summed E-state index contributed by atoms with van der Waals surface area (Å²) in [5, 5.41) is 0. The van der Waals surface area contributed by atoms with Crippen LogP contribution in [0.25, 0.3) is 0 Å². The highest BCUT2D eigenvalue weighted by atomic mass is 16.5. The number of esters is 1. The van der Waals surface area contributed by atoms with E-state index in [1.165, 1.54) is 12.8 Å². The fourth-order valence-electron chi connectivity index (χ4n) is 6.03. The molecule has 120 valence electrons. The summed E-state index contributed by atoms with van der Waals surface area (Å²) in [6.07, 6.45) is 10.9. The zero-order chi connectivity index (χ0) is 15.6. The summed E-state index contributed by atoms with van der Waals surface area (Å²) in [6.45, 7) is 2.34. The summed E-state index contributed by atoms with van der Waals surface area (Å²) in [5.41, 5.74) is 1.07. The number of anilines is 1. The fourth-order valence-corrected chi connectivity index (χ4v) is 6.03. The molecule has 1 aromatic heterocycles. The Kier molecular flexibility index (Phi) is 2.85. The van der Waals surface area contributed by atoms with Crippen LogP contribution in [0.5, 0.6) is 0 Å². The molecular formula is C19H22N2O2. The van der Waals surface area contributed by atoms with Gasteiger partial charge in [0.1, 0.15) is 6.04 Å². The van der Waals surface area contributed by atoms with Gasteiger partial charge >= 0.3 is 5.97 Å². The topological polar surface area (TPSA) is 42.4 Å². The van der Waals surface area contributed by atoms with Crippen molar-refractivity contribution in [2.45, 2.75) is 31.8 Å². The number of carbonyl (C=O) groups excluding carboxylic acids is 1. The van der Waals surface area contributed by atoms with Crippen molar-refractivity contribution in [3.8, 4) is 0 Å². The van der Waals surface area contributed by atoms with Crippen molar-refractivity contribution in [1.82, 2.24) is 4.98 Å². The SMILES string of the molecule is CCOC(=O)[C@@H]1[C@@H]2[C@@H]([C@@H]3C[C@H]2C2CC=CC23)N1c1cccnc1. The maximum atomic E-state index is 12.6. The summed E-state index contributed by atoms with van der Waals surface area (Å²) >= 11 is 0. The number of ether oxygens (including phenoxy) is 1. The van der Waals surface area contributed by atoms with E-state index in [1.54, 1.807) is 6.20 Å². The van der Waals surface area contributed by atoms with E-state index in [0.29, 0.717) is 30.4 Å². The van der Waals surface area contributed by atoms with Gasteiger partial charge in [0.05, 0.1) is 18.5 Å². The van der Waals surface area contributed by atoms with E-state index in [4.69, 9.17) is 4.74 Å². The number of nitrogens with zero attached hydrogens (tertiary/aromatic N) is 2. The molecule has 0 spiro atoms. The van der Waals surface area contributed by atoms with Crippen LogP contribution in [0.15, 0.2) is 36.7 Å². The summed E-state index contributed by atoms with van der Waals surface area (Å²) < 4.78 is 5.41. The molecule has 7 atom stereocenters. The molecular weight excluding hydrogens is 288 g/mol. The minimum absolute atomic E-state index is 0.0485. The van der Waals surface area contributed by atoms with E-state index < -0.39 is 0 Å². The smallest absolute Gasteiger partial charge is 0.329 e. The van der Waals surface area contributed by atoms with Crippen molar-refractivity contribution in [3.05, 3.63) is 36.7 Å². The number of carbonyl (C=O) groups is 1. The van der Waals surface area contributed by atoms with Crippen LogP contribution < -0.4 is 4.90 Å². The number of fused-ring (bicyclic) bond motifs is 8. The standard InChI is InChI=1S/C19H22N2O2/c1-2-23-19(22)18-16-14-9-15(13-7-3-6-12(13)14)17(16)21(18)11-5-4-8-20-10-11/h3-5,7-8,10,12-18H,2,6,9H2,1H3/t12?,13?,14-,15+,16-,17+,18-/m0/s1. The Bertz CT molecular complexity index is 659. The molecule has 1 aromatic rings. The van der Waals surface area contributed by atoms with E-state index in [1.807, 2.05) is 19.2 Å². The Morgan fingerprint density at radius 2 is 2.30 bits per heavy atom. The molecule has 4 heteroatoms. The summed E-state index contributed by atoms with van der Waals surface area (Å²) in [7, 11) is 0. The monoisotopic (exact) mass is 310 g/mol. The van der Waals surface area contributed by atoms with Crippen LogP contribution >= 0.6 is 0 Å². The predicted molar refractivity (Wildman–Crippen MR) is 86.7 cm³/mol. The lowest BCUT2D eigenvalue weighted by Gasteiger charge is -2.59. The molecule has 4 aliphatic rings. The van der Waals surface area contributed by atoms with Gasteiger partial charge in [-0.2, -0.15) is 0 Å². The number of pyridine rings is 1. The molecule has 5 rings (SSSR count). The van der Waals surface area contributed by atoms with Crippen LogP contribution in [0.4, 0.5) is 5.69 Å². The zero-order valence-corrected chi connectivity index (χ0v) is 13.3. The van der Waals surface area contributed by atoms with Gasteiger partial charge in [0.15, 0.2) is 0 Å². The Hall–Kier alpha value is -1.84. The molecule has 1 aliphatic heterocycles. The van der Waals surface area contributed by atoms with E-state index in [2.05, 4.69) is 28.1 Å². The number of rotatable bonds is 3. The van der Waals surface area contributed by atoms with Crippen LogP contribution in [-0.4, -0.2) is 29.6 Å². The summed E-state index contributed by atoms with van der Waals surface area (Å²) in [4.78, 5) is 19.2. The molecule has 3 fully saturated rings. The minimum Gasteiger partial charge on any atom is -0.464 e. The quantitative estimate of drug-likeness (QED) is 0.636. The molecule has 2 bridgehead atoms. The zero-order valence-electron chi connectivity index (χ0n) is 13.3. The lowest BCUT2D eigenvalue weighted by molar-refractivity contribution is -0.151. The Balaban J connectivity index is 1.51. The molecule has 2 saturated carbocycles. The van der Waals surface area contributed by atoms with Crippen LogP contribution in [0.3, 0.4) is 0 Å². The molecule has 2 unspecified atom stereocenters. The summed E-state index contributed by atoms with van der Waals surface area (Å²) in [5.74, 6) is 3.30. The highest BCUT2D eigenvalue weighted by Gasteiger charge is 2.69. The first-order valence-electron chi connectivity index (χ1n) is 8.83. The molecule has 3 aliphatic carbocycles. The second kappa shape index (κ2) is 4.83. The fraction of sp³-hybridized carbons (Fsp3) is 0.579. The van der Waals surface area contributed by atoms with Gasteiger partial charge in [0, 0.05) is 18.2 Å². The van der Waals surface area contributed by atoms with E-state index >= 15 is 0 Å². The van der Waals surface area contributed by atoms with Crippen molar-refractivity contribution in [2.75, 3.05) is 11.5 Å². The number of allylic oxidation sites excluding steroid dienone is 2. The second-order valence-electron chi connectivity index (χ2n) is 7.35. The van der Waals surface area contributed by atoms with E-state index in [9.17, 15) is 4.79 Å². The first-order chi connectivity index (χ1) is 11.3. The third-order valence-corrected chi connectivity index (χ3v) is 6.63. The lowest BCUT2D eigenvalue weighted by atomic mass is 9.63. The Labute approximate surface area is 136 Å². The number of hydrogen-bond donors (Lipinski definition) is 0. The van der Waals surface area contributed by atoms with Gasteiger partial charge in [-0.1, -0.05) is 12.2 Å². The maximum absolute atomic E-state index is 12.6. The number of aromatic nitrogens is 1. The van der Waals surface area contributed by atoms with Gasteiger partial charge in [0.2, 0.25) is 0 Å². The van der Waals surface area contributed by atoms with E-state index in [-0.39, 0.29) is 12.0 Å².